The molecule has 7 heavy (non-hydrogen) atoms. The highest BCUT2D eigenvalue weighted by Crippen LogP contribution is 2.50. The highest BCUT2D eigenvalue weighted by molar-refractivity contribution is 8.03. The molecule has 0 aromatic heterocycles. The molecule has 0 aliphatic carbocycles. The zero-order valence-corrected chi connectivity index (χ0v) is 5.13. The second kappa shape index (κ2) is 1.41. The number of hydrogen-bond donors (Lipinski definition) is 0. The third kappa shape index (κ3) is 0.584. The highest BCUT2D eigenvalue weighted by atomic mass is 32.2. The molecule has 2 bridgehead atoms. The Hall–Kier alpha value is 0.350. The van der Waals surface area contributed by atoms with Crippen LogP contribution in [0.3, 0.4) is 0 Å². The van der Waals surface area contributed by atoms with Crippen LogP contribution in [0.4, 0.5) is 0 Å². The van der Waals surface area contributed by atoms with Crippen molar-refractivity contribution in [2.75, 3.05) is 0 Å². The molecule has 2 fully saturated rings. The molecule has 0 saturated carbocycles. The number of fused-ring (bicyclic) bond motifs is 2. The van der Waals surface area contributed by atoms with Gasteiger partial charge in [0.15, 0.2) is 0 Å². The lowest BCUT2D eigenvalue weighted by molar-refractivity contribution is 0.636. The fourth-order valence-corrected chi connectivity index (χ4v) is 2.80. The molecule has 0 atom stereocenters. The molecule has 0 nitrogen and oxygen atoms in total. The van der Waals surface area contributed by atoms with E-state index >= 15 is 0 Å². The molecule has 2 heterocycles. The maximum Gasteiger partial charge on any atom is 0.0310 e. The van der Waals surface area contributed by atoms with Crippen molar-refractivity contribution >= 4 is 11.8 Å². The van der Waals surface area contributed by atoms with Crippen molar-refractivity contribution in [1.29, 1.82) is 0 Å². The van der Waals surface area contributed by atoms with E-state index in [9.17, 15) is 0 Å². The number of rotatable bonds is 0. The van der Waals surface area contributed by atoms with Crippen LogP contribution >= 0.6 is 11.8 Å². The second-order valence-corrected chi connectivity index (χ2v) is 3.84. The number of hydrogen-bond acceptors (Lipinski definition) is 1. The van der Waals surface area contributed by atoms with Crippen molar-refractivity contribution in [1.82, 2.24) is 0 Å². The summed E-state index contributed by atoms with van der Waals surface area (Å²) in [5.74, 6) is 0. The van der Waals surface area contributed by atoms with E-state index in [2.05, 4.69) is 11.8 Å². The lowest BCUT2D eigenvalue weighted by Gasteiger charge is -2.02. The van der Waals surface area contributed by atoms with Crippen molar-refractivity contribution in [2.24, 2.45) is 0 Å². The maximum atomic E-state index is 2.15. The molecule has 0 N–H and O–H groups in total. The molecule has 0 aromatic carbocycles. The van der Waals surface area contributed by atoms with Crippen molar-refractivity contribution < 1.29 is 0 Å². The zero-order valence-electron chi connectivity index (χ0n) is 4.31. The first kappa shape index (κ1) is 4.25. The summed E-state index contributed by atoms with van der Waals surface area (Å²) in [6.07, 6.45) is 5.85. The van der Waals surface area contributed by atoms with E-state index in [1.54, 1.807) is 5.25 Å². The van der Waals surface area contributed by atoms with Gasteiger partial charge in [0.2, 0.25) is 0 Å². The average Bonchev–Trinajstić information content (AvgIpc) is 2.22. The molecule has 2 aliphatic rings. The quantitative estimate of drug-likeness (QED) is 0.464. The van der Waals surface area contributed by atoms with E-state index in [1.165, 1.54) is 25.7 Å². The Morgan fingerprint density at radius 2 is 2.00 bits per heavy atom. The smallest absolute Gasteiger partial charge is 0.0310 e. The van der Waals surface area contributed by atoms with Gasteiger partial charge >= 0.3 is 0 Å². The monoisotopic (exact) mass is 113 g/mol. The third-order valence-electron chi connectivity index (χ3n) is 1.82. The predicted molar refractivity (Wildman–Crippen MR) is 33.1 cm³/mol. The largest absolute Gasteiger partial charge is 0.150 e. The van der Waals surface area contributed by atoms with Crippen LogP contribution in [-0.4, -0.2) is 5.25 Å². The van der Waals surface area contributed by atoms with Crippen LogP contribution in [0, 0.1) is 5.25 Å². The summed E-state index contributed by atoms with van der Waals surface area (Å²) < 4.78 is 0. The van der Waals surface area contributed by atoms with Crippen LogP contribution in [0.5, 0.6) is 0 Å². The van der Waals surface area contributed by atoms with Crippen LogP contribution in [0.1, 0.15) is 25.7 Å². The molecule has 0 spiro atoms. The standard InChI is InChI=1S/C6H9S/c1-2-6-4-3-5(1)7-6/h5H,1-4H2. The van der Waals surface area contributed by atoms with E-state index in [1.807, 2.05) is 0 Å². The molecule has 39 valence electrons. The van der Waals surface area contributed by atoms with Crippen LogP contribution in [0.15, 0.2) is 0 Å². The lowest BCUT2D eigenvalue weighted by Crippen LogP contribution is -1.94. The summed E-state index contributed by atoms with van der Waals surface area (Å²) in [5.41, 5.74) is 0. The van der Waals surface area contributed by atoms with Crippen LogP contribution in [-0.2, 0) is 0 Å². The minimum Gasteiger partial charge on any atom is -0.150 e. The number of thioether (sulfide) groups is 1. The molecule has 1 radical (unpaired) electrons. The Bertz CT molecular complexity index is 62.2. The molecular weight excluding hydrogens is 104 g/mol. The first-order valence-electron chi connectivity index (χ1n) is 2.96. The van der Waals surface area contributed by atoms with Gasteiger partial charge in [0.05, 0.1) is 0 Å². The van der Waals surface area contributed by atoms with Crippen molar-refractivity contribution in [2.45, 2.75) is 30.9 Å². The van der Waals surface area contributed by atoms with Crippen molar-refractivity contribution in [3.8, 4) is 0 Å². The van der Waals surface area contributed by atoms with Crippen LogP contribution in [0.25, 0.3) is 0 Å². The fourth-order valence-electron chi connectivity index (χ4n) is 1.38. The third-order valence-corrected chi connectivity index (χ3v) is 3.37. The Morgan fingerprint density at radius 1 is 1.29 bits per heavy atom. The summed E-state index contributed by atoms with van der Waals surface area (Å²) in [6.45, 7) is 0. The average molecular weight is 113 g/mol. The Kier molecular flexibility index (Phi) is 0.857. The van der Waals surface area contributed by atoms with Crippen molar-refractivity contribution in [3.63, 3.8) is 0 Å². The molecule has 0 aromatic rings. The second-order valence-electron chi connectivity index (χ2n) is 2.36. The topological polar surface area (TPSA) is 0 Å². The molecular formula is C6H9S. The van der Waals surface area contributed by atoms with E-state index in [0.29, 0.717) is 0 Å². The van der Waals surface area contributed by atoms with E-state index in [0.717, 1.165) is 5.25 Å². The summed E-state index contributed by atoms with van der Waals surface area (Å²) in [4.78, 5) is 0. The lowest BCUT2D eigenvalue weighted by atomic mass is 10.0. The van der Waals surface area contributed by atoms with Gasteiger partial charge in [-0.05, 0) is 25.7 Å². The van der Waals surface area contributed by atoms with Gasteiger partial charge in [-0.1, -0.05) is 0 Å². The van der Waals surface area contributed by atoms with Gasteiger partial charge in [-0.15, -0.1) is 0 Å². The van der Waals surface area contributed by atoms with Gasteiger partial charge in [-0.3, -0.25) is 0 Å². The first-order valence-corrected chi connectivity index (χ1v) is 3.84. The fraction of sp³-hybridized carbons (Fsp3) is 0.833. The highest BCUT2D eigenvalue weighted by Gasteiger charge is 2.32. The Morgan fingerprint density at radius 3 is 2.14 bits per heavy atom. The van der Waals surface area contributed by atoms with Gasteiger partial charge in [-0.2, -0.15) is 11.8 Å². The molecule has 0 unspecified atom stereocenters. The van der Waals surface area contributed by atoms with Gasteiger partial charge in [0.1, 0.15) is 0 Å². The van der Waals surface area contributed by atoms with Gasteiger partial charge < -0.3 is 0 Å². The Labute approximate surface area is 48.7 Å². The van der Waals surface area contributed by atoms with Gasteiger partial charge in [0.25, 0.3) is 0 Å². The minimum absolute atomic E-state index is 1.05. The summed E-state index contributed by atoms with van der Waals surface area (Å²) in [6, 6.07) is 0. The summed E-state index contributed by atoms with van der Waals surface area (Å²) in [7, 11) is 0. The SMILES string of the molecule is C1CC2CC[C]1S2. The Balaban J connectivity index is 2.12. The molecule has 2 rings (SSSR count). The first-order chi connectivity index (χ1) is 3.45. The van der Waals surface area contributed by atoms with Crippen LogP contribution < -0.4 is 0 Å². The molecule has 2 aliphatic heterocycles. The van der Waals surface area contributed by atoms with E-state index < -0.39 is 0 Å². The van der Waals surface area contributed by atoms with Crippen LogP contribution in [0.2, 0.25) is 0 Å². The van der Waals surface area contributed by atoms with E-state index in [4.69, 9.17) is 0 Å². The predicted octanol–water partition coefficient (Wildman–Crippen LogP) is 2.21. The van der Waals surface area contributed by atoms with Crippen molar-refractivity contribution in [3.05, 3.63) is 5.25 Å². The maximum absolute atomic E-state index is 2.15. The summed E-state index contributed by atoms with van der Waals surface area (Å²) in [5, 5.41) is 2.83. The molecule has 2 saturated heterocycles. The molecule has 0 amide bonds. The van der Waals surface area contributed by atoms with E-state index in [-0.39, 0.29) is 0 Å². The zero-order chi connectivity index (χ0) is 4.69. The summed E-state index contributed by atoms with van der Waals surface area (Å²) >= 11 is 2.15. The minimum atomic E-state index is 1.05. The van der Waals surface area contributed by atoms with Gasteiger partial charge in [0, 0.05) is 10.5 Å². The molecule has 1 heteroatoms. The normalized spacial score (nSPS) is 32.6. The van der Waals surface area contributed by atoms with Gasteiger partial charge in [-0.25, -0.2) is 0 Å².